The molecule has 350 valence electrons. The van der Waals surface area contributed by atoms with E-state index < -0.39 is 135 Å². The van der Waals surface area contributed by atoms with Crippen molar-refractivity contribution in [1.29, 1.82) is 0 Å². The van der Waals surface area contributed by atoms with Gasteiger partial charge in [0, 0.05) is 13.1 Å². The highest BCUT2D eigenvalue weighted by Crippen LogP contribution is 2.69. The second-order valence-corrected chi connectivity index (χ2v) is 13.2. The van der Waals surface area contributed by atoms with E-state index in [4.69, 9.17) is 10.2 Å². The Bertz CT molecular complexity index is 1570. The number of hydrogen-bond donors (Lipinski definition) is 2. The van der Waals surface area contributed by atoms with Crippen LogP contribution in [-0.2, 0) is 10.0 Å². The zero-order valence-electron chi connectivity index (χ0n) is 26.2. The number of halogens is 31. The van der Waals surface area contributed by atoms with Gasteiger partial charge < -0.3 is 10.2 Å². The van der Waals surface area contributed by atoms with Crippen molar-refractivity contribution in [1.82, 2.24) is 4.31 Å². The Morgan fingerprint density at radius 2 is 0.621 bits per heavy atom. The maximum absolute atomic E-state index is 14.4. The minimum atomic E-state index is -10.2. The average molecular weight is 965 g/mol. The first-order chi connectivity index (χ1) is 24.7. The van der Waals surface area contributed by atoms with Crippen molar-refractivity contribution in [2.45, 2.75) is 108 Å². The maximum atomic E-state index is 14.4. The molecule has 0 saturated heterocycles. The van der Waals surface area contributed by atoms with Crippen LogP contribution < -0.4 is 0 Å². The molecule has 0 radical (unpaired) electrons. The lowest BCUT2D eigenvalue weighted by molar-refractivity contribution is -0.488. The molecule has 58 heavy (non-hydrogen) atoms. The Hall–Kier alpha value is -2.34. The highest BCUT2D eigenvalue weighted by Gasteiger charge is 3.01. The van der Waals surface area contributed by atoms with Gasteiger partial charge in [0.05, 0.1) is 12.7 Å². The number of hydrogen-bond acceptors (Lipinski definition) is 4. The van der Waals surface area contributed by atoms with Crippen LogP contribution in [0.4, 0.5) is 136 Å². The Labute approximate surface area is 297 Å². The molecule has 0 aliphatic heterocycles. The van der Waals surface area contributed by atoms with Crippen molar-refractivity contribution in [3.63, 3.8) is 0 Å². The molecule has 0 aromatic heterocycles. The molecule has 2 N–H and O–H groups in total. The van der Waals surface area contributed by atoms with E-state index in [1.54, 1.807) is 0 Å². The number of sulfonamides is 1. The summed E-state index contributed by atoms with van der Waals surface area (Å²) in [7, 11) is -8.00. The third-order valence-corrected chi connectivity index (χ3v) is 9.13. The molecule has 0 spiro atoms. The molecule has 0 aromatic rings. The van der Waals surface area contributed by atoms with Crippen molar-refractivity contribution < 1.29 is 155 Å². The first-order valence-corrected chi connectivity index (χ1v) is 14.7. The quantitative estimate of drug-likeness (QED) is 0.120. The standard InChI is InChI=1S/C21H14F31NO4S/c1-2-3-53(4-6(55)5-54)58(56,57)21(51,52)19(46,47)17(42,43)15(38,39)13(34,35)11(30,31)9(26,27)7(22,23)8(24,25)10(28,29)12(32,33)14(36,37)16(40,41)18(44,45)20(48,49)50/h6,54-55H,2-5H2,1H3. The number of alkyl halides is 31. The molecular weight excluding hydrogens is 951 g/mol. The average Bonchev–Trinajstić information content (AvgIpc) is 3.02. The second kappa shape index (κ2) is 14.6. The lowest BCUT2D eigenvalue weighted by Gasteiger charge is -2.46. The smallest absolute Gasteiger partial charge is 0.394 e. The molecular formula is C21H14F31NO4S. The fourth-order valence-corrected chi connectivity index (χ4v) is 5.27. The Morgan fingerprint density at radius 1 is 0.414 bits per heavy atom. The summed E-state index contributed by atoms with van der Waals surface area (Å²) >= 11 is 0. The van der Waals surface area contributed by atoms with Gasteiger partial charge in [-0.3, -0.25) is 0 Å². The largest absolute Gasteiger partial charge is 0.460 e. The van der Waals surface area contributed by atoms with Gasteiger partial charge in [0.2, 0.25) is 0 Å². The molecule has 0 heterocycles. The summed E-state index contributed by atoms with van der Waals surface area (Å²) in [5.74, 6) is -127. The Balaban J connectivity index is 7.80. The topological polar surface area (TPSA) is 77.8 Å². The number of rotatable bonds is 20. The molecule has 0 bridgehead atoms. The predicted octanol–water partition coefficient (Wildman–Crippen LogP) is 8.80. The number of nitrogens with zero attached hydrogens (tertiary/aromatic N) is 1. The van der Waals surface area contributed by atoms with Crippen LogP contribution in [0.2, 0.25) is 0 Å². The molecule has 0 rings (SSSR count). The molecule has 0 saturated carbocycles. The lowest BCUT2D eigenvalue weighted by atomic mass is 9.83. The van der Waals surface area contributed by atoms with Crippen LogP contribution in [0.15, 0.2) is 0 Å². The van der Waals surface area contributed by atoms with Crippen LogP contribution in [0, 0.1) is 0 Å². The minimum absolute atomic E-state index is 0.652. The molecule has 0 aliphatic carbocycles. The zero-order valence-corrected chi connectivity index (χ0v) is 27.0. The van der Waals surface area contributed by atoms with Crippen LogP contribution >= 0.6 is 0 Å². The van der Waals surface area contributed by atoms with Gasteiger partial charge in [0.15, 0.2) is 0 Å². The van der Waals surface area contributed by atoms with Crippen molar-refractivity contribution in [2.75, 3.05) is 19.7 Å². The van der Waals surface area contributed by atoms with Crippen LogP contribution in [0.1, 0.15) is 13.3 Å². The summed E-state index contributed by atoms with van der Waals surface area (Å²) in [5, 5.41) is 9.52. The van der Waals surface area contributed by atoms with E-state index in [1.807, 2.05) is 0 Å². The third-order valence-electron chi connectivity index (χ3n) is 7.22. The van der Waals surface area contributed by atoms with E-state index >= 15 is 0 Å². The van der Waals surface area contributed by atoms with Crippen LogP contribution in [0.3, 0.4) is 0 Å². The van der Waals surface area contributed by atoms with E-state index in [1.165, 1.54) is 0 Å². The van der Waals surface area contributed by atoms with Crippen LogP contribution in [0.5, 0.6) is 0 Å². The fourth-order valence-electron chi connectivity index (χ4n) is 3.71. The van der Waals surface area contributed by atoms with Gasteiger partial charge in [-0.1, -0.05) is 6.92 Å². The fraction of sp³-hybridized carbons (Fsp3) is 1.00. The van der Waals surface area contributed by atoms with Crippen molar-refractivity contribution in [2.24, 2.45) is 0 Å². The number of aliphatic hydroxyl groups is 2. The van der Waals surface area contributed by atoms with Crippen LogP contribution in [0.25, 0.3) is 0 Å². The summed E-state index contributed by atoms with van der Waals surface area (Å²) in [6, 6.07) is 0. The monoisotopic (exact) mass is 965 g/mol. The van der Waals surface area contributed by atoms with E-state index in [2.05, 4.69) is 0 Å². The van der Waals surface area contributed by atoms with Crippen LogP contribution in [-0.4, -0.2) is 137 Å². The maximum Gasteiger partial charge on any atom is 0.460 e. The highest BCUT2D eigenvalue weighted by atomic mass is 32.2. The van der Waals surface area contributed by atoms with Gasteiger partial charge in [0.1, 0.15) is 0 Å². The van der Waals surface area contributed by atoms with E-state index in [0.717, 1.165) is 0 Å². The highest BCUT2D eigenvalue weighted by molar-refractivity contribution is 7.90. The number of aliphatic hydroxyl groups excluding tert-OH is 2. The molecule has 0 amide bonds. The molecule has 37 heteroatoms. The SMILES string of the molecule is CCCN(CC(O)CO)S(=O)(=O)C(F)(F)C(F)(F)C(F)(F)C(F)(F)C(F)(F)C(F)(F)C(F)(F)C(F)(F)C(F)(F)C(F)(F)C(F)(F)C(F)(F)C(F)(F)C(F)(F)C(F)(F)F. The Kier molecular flexibility index (Phi) is 14.1. The van der Waals surface area contributed by atoms with Gasteiger partial charge in [-0.15, -0.1) is 0 Å². The summed E-state index contributed by atoms with van der Waals surface area (Å²) in [5.41, 5.74) is 0. The third kappa shape index (κ3) is 6.82. The summed E-state index contributed by atoms with van der Waals surface area (Å²) in [4.78, 5) is 0. The van der Waals surface area contributed by atoms with Crippen molar-refractivity contribution >= 4 is 10.0 Å². The summed E-state index contributed by atoms with van der Waals surface area (Å²) < 4.78 is 448. The van der Waals surface area contributed by atoms with Gasteiger partial charge in [-0.2, -0.15) is 140 Å². The molecule has 0 aliphatic rings. The lowest BCUT2D eigenvalue weighted by Crippen LogP contribution is -2.79. The van der Waals surface area contributed by atoms with Gasteiger partial charge >= 0.3 is 88.4 Å². The van der Waals surface area contributed by atoms with E-state index in [-0.39, 0.29) is 0 Å². The first kappa shape index (κ1) is 55.7. The molecule has 0 fully saturated rings. The molecule has 0 aromatic carbocycles. The van der Waals surface area contributed by atoms with Crippen molar-refractivity contribution in [3.8, 4) is 0 Å². The normalized spacial score (nSPS) is 17.3. The summed E-state index contributed by atoms with van der Waals surface area (Å²) in [6.07, 6.45) is -12.1. The van der Waals surface area contributed by atoms with E-state index in [0.29, 0.717) is 6.92 Å². The first-order valence-electron chi connectivity index (χ1n) is 13.3. The molecule has 5 nitrogen and oxygen atoms in total. The van der Waals surface area contributed by atoms with Crippen molar-refractivity contribution in [3.05, 3.63) is 0 Å². The molecule has 1 unspecified atom stereocenters. The Morgan fingerprint density at radius 3 is 0.810 bits per heavy atom. The van der Waals surface area contributed by atoms with E-state index in [9.17, 15) is 145 Å². The van der Waals surface area contributed by atoms with Gasteiger partial charge in [-0.05, 0) is 6.42 Å². The predicted molar refractivity (Wildman–Crippen MR) is 119 cm³/mol. The summed E-state index contributed by atoms with van der Waals surface area (Å²) in [6.45, 7) is -5.08. The zero-order chi connectivity index (χ0) is 48.0. The van der Waals surface area contributed by atoms with Gasteiger partial charge in [-0.25, -0.2) is 8.42 Å². The molecule has 1 atom stereocenters. The minimum Gasteiger partial charge on any atom is -0.394 e. The second-order valence-electron chi connectivity index (χ2n) is 11.2. The van der Waals surface area contributed by atoms with Gasteiger partial charge in [0.25, 0.3) is 10.0 Å².